The number of nitrogens with one attached hydrogen (secondary N) is 1. The standard InChI is InChI=1S/C13H24F3NO/c1-3-18-12(8-5-4-6-9-12)11(17-2)7-10-13(14,15)16/h11,17H,3-10H2,1-2H3. The molecule has 0 heterocycles. The molecule has 5 heteroatoms. The van der Waals surface area contributed by atoms with Crippen molar-refractivity contribution in [3.8, 4) is 0 Å². The highest BCUT2D eigenvalue weighted by molar-refractivity contribution is 4.95. The van der Waals surface area contributed by atoms with Gasteiger partial charge in [0.25, 0.3) is 0 Å². The van der Waals surface area contributed by atoms with Gasteiger partial charge in [-0.3, -0.25) is 0 Å². The van der Waals surface area contributed by atoms with Crippen LogP contribution in [0, 0.1) is 0 Å². The molecule has 1 fully saturated rings. The van der Waals surface area contributed by atoms with Crippen molar-refractivity contribution in [2.45, 2.75) is 69.7 Å². The summed E-state index contributed by atoms with van der Waals surface area (Å²) in [6.07, 6.45) is 0.248. The minimum Gasteiger partial charge on any atom is -0.374 e. The molecule has 2 nitrogen and oxygen atoms in total. The van der Waals surface area contributed by atoms with E-state index < -0.39 is 18.2 Å². The summed E-state index contributed by atoms with van der Waals surface area (Å²) in [7, 11) is 1.73. The predicted octanol–water partition coefficient (Wildman–Crippen LogP) is 3.66. The van der Waals surface area contributed by atoms with Crippen molar-refractivity contribution in [2.75, 3.05) is 13.7 Å². The molecule has 0 aromatic carbocycles. The van der Waals surface area contributed by atoms with E-state index >= 15 is 0 Å². The van der Waals surface area contributed by atoms with Crippen molar-refractivity contribution in [3.63, 3.8) is 0 Å². The maximum Gasteiger partial charge on any atom is 0.389 e. The second-order valence-corrected chi connectivity index (χ2v) is 5.05. The van der Waals surface area contributed by atoms with Crippen LogP contribution in [0.3, 0.4) is 0 Å². The second-order valence-electron chi connectivity index (χ2n) is 5.05. The highest BCUT2D eigenvalue weighted by Crippen LogP contribution is 2.37. The van der Waals surface area contributed by atoms with Crippen molar-refractivity contribution in [1.82, 2.24) is 5.32 Å². The molecular weight excluding hydrogens is 243 g/mol. The van der Waals surface area contributed by atoms with E-state index in [9.17, 15) is 13.2 Å². The highest BCUT2D eigenvalue weighted by Gasteiger charge is 2.41. The lowest BCUT2D eigenvalue weighted by molar-refractivity contribution is -0.145. The number of halogens is 3. The van der Waals surface area contributed by atoms with Crippen molar-refractivity contribution >= 4 is 0 Å². The van der Waals surface area contributed by atoms with Gasteiger partial charge in [-0.05, 0) is 33.2 Å². The molecule has 0 aliphatic heterocycles. The molecule has 0 radical (unpaired) electrons. The Labute approximate surface area is 107 Å². The van der Waals surface area contributed by atoms with Gasteiger partial charge in [-0.15, -0.1) is 0 Å². The van der Waals surface area contributed by atoms with Crippen molar-refractivity contribution in [3.05, 3.63) is 0 Å². The van der Waals surface area contributed by atoms with Crippen LogP contribution in [0.15, 0.2) is 0 Å². The molecule has 1 unspecified atom stereocenters. The first-order chi connectivity index (χ1) is 8.43. The van der Waals surface area contributed by atoms with Gasteiger partial charge in [0.2, 0.25) is 0 Å². The molecule has 1 aliphatic carbocycles. The Morgan fingerprint density at radius 2 is 1.83 bits per heavy atom. The first-order valence-corrected chi connectivity index (χ1v) is 6.81. The largest absolute Gasteiger partial charge is 0.389 e. The fourth-order valence-electron chi connectivity index (χ4n) is 3.01. The van der Waals surface area contributed by atoms with Crippen LogP contribution in [-0.2, 0) is 4.74 Å². The lowest BCUT2D eigenvalue weighted by Crippen LogP contribution is -2.53. The Balaban J connectivity index is 2.67. The van der Waals surface area contributed by atoms with Crippen LogP contribution in [0.2, 0.25) is 0 Å². The van der Waals surface area contributed by atoms with Gasteiger partial charge >= 0.3 is 6.18 Å². The Morgan fingerprint density at radius 3 is 2.28 bits per heavy atom. The molecule has 1 rings (SSSR count). The molecule has 0 spiro atoms. The zero-order valence-electron chi connectivity index (χ0n) is 11.3. The lowest BCUT2D eigenvalue weighted by atomic mass is 9.77. The number of alkyl halides is 3. The molecule has 0 saturated heterocycles. The van der Waals surface area contributed by atoms with E-state index in [0.29, 0.717) is 6.61 Å². The van der Waals surface area contributed by atoms with E-state index in [4.69, 9.17) is 4.74 Å². The van der Waals surface area contributed by atoms with Gasteiger partial charge < -0.3 is 10.1 Å². The van der Waals surface area contributed by atoms with E-state index in [2.05, 4.69) is 5.32 Å². The number of likely N-dealkylation sites (N-methyl/N-ethyl adjacent to an activating group) is 1. The maximum absolute atomic E-state index is 12.4. The molecule has 0 amide bonds. The topological polar surface area (TPSA) is 21.3 Å². The minimum atomic E-state index is -4.09. The SMILES string of the molecule is CCOC1(C(CCC(F)(F)F)NC)CCCCC1. The lowest BCUT2D eigenvalue weighted by Gasteiger charge is -2.43. The summed E-state index contributed by atoms with van der Waals surface area (Å²) in [5.41, 5.74) is -0.396. The van der Waals surface area contributed by atoms with Gasteiger partial charge in [-0.25, -0.2) is 0 Å². The predicted molar refractivity (Wildman–Crippen MR) is 65.6 cm³/mol. The van der Waals surface area contributed by atoms with Gasteiger partial charge in [-0.2, -0.15) is 13.2 Å². The third kappa shape index (κ3) is 4.43. The van der Waals surface area contributed by atoms with Crippen LogP contribution in [0.1, 0.15) is 51.9 Å². The fourth-order valence-corrected chi connectivity index (χ4v) is 3.01. The monoisotopic (exact) mass is 267 g/mol. The quantitative estimate of drug-likeness (QED) is 0.793. The van der Waals surface area contributed by atoms with Crippen LogP contribution < -0.4 is 5.32 Å². The zero-order valence-corrected chi connectivity index (χ0v) is 11.3. The molecule has 18 heavy (non-hydrogen) atoms. The fraction of sp³-hybridized carbons (Fsp3) is 1.00. The van der Waals surface area contributed by atoms with Gasteiger partial charge in [0.1, 0.15) is 0 Å². The normalized spacial score (nSPS) is 21.8. The molecule has 1 N–H and O–H groups in total. The van der Waals surface area contributed by atoms with Crippen LogP contribution in [0.5, 0.6) is 0 Å². The molecule has 0 aromatic rings. The number of hydrogen-bond acceptors (Lipinski definition) is 2. The van der Waals surface area contributed by atoms with E-state index in [-0.39, 0.29) is 12.5 Å². The molecule has 1 saturated carbocycles. The van der Waals surface area contributed by atoms with Gasteiger partial charge in [0.15, 0.2) is 0 Å². The van der Waals surface area contributed by atoms with Crippen LogP contribution in [0.25, 0.3) is 0 Å². The number of hydrogen-bond donors (Lipinski definition) is 1. The number of ether oxygens (including phenoxy) is 1. The summed E-state index contributed by atoms with van der Waals surface area (Å²) in [5, 5.41) is 3.04. The van der Waals surface area contributed by atoms with Crippen molar-refractivity contribution in [2.24, 2.45) is 0 Å². The average Bonchev–Trinajstić information content (AvgIpc) is 2.30. The van der Waals surface area contributed by atoms with Crippen LogP contribution >= 0.6 is 0 Å². The summed E-state index contributed by atoms with van der Waals surface area (Å²) in [4.78, 5) is 0. The summed E-state index contributed by atoms with van der Waals surface area (Å²) >= 11 is 0. The summed E-state index contributed by atoms with van der Waals surface area (Å²) in [6.45, 7) is 2.47. The van der Waals surface area contributed by atoms with E-state index in [1.807, 2.05) is 6.92 Å². The Hall–Kier alpha value is -0.290. The average molecular weight is 267 g/mol. The molecular formula is C13H24F3NO. The summed E-state index contributed by atoms with van der Waals surface area (Å²) in [5.74, 6) is 0. The molecule has 108 valence electrons. The Kier molecular flexibility index (Phi) is 5.92. The molecule has 1 aliphatic rings. The third-order valence-electron chi connectivity index (χ3n) is 3.83. The van der Waals surface area contributed by atoms with Crippen molar-refractivity contribution < 1.29 is 17.9 Å². The minimum absolute atomic E-state index is 0.0972. The third-order valence-corrected chi connectivity index (χ3v) is 3.83. The molecule has 0 bridgehead atoms. The van der Waals surface area contributed by atoms with E-state index in [1.54, 1.807) is 7.05 Å². The second kappa shape index (κ2) is 6.75. The first-order valence-electron chi connectivity index (χ1n) is 6.81. The van der Waals surface area contributed by atoms with Crippen LogP contribution in [-0.4, -0.2) is 31.5 Å². The van der Waals surface area contributed by atoms with Gasteiger partial charge in [0, 0.05) is 19.1 Å². The number of rotatable bonds is 6. The Morgan fingerprint density at radius 1 is 1.22 bits per heavy atom. The first kappa shape index (κ1) is 15.8. The van der Waals surface area contributed by atoms with Crippen LogP contribution in [0.4, 0.5) is 13.2 Å². The van der Waals surface area contributed by atoms with E-state index in [0.717, 1.165) is 32.1 Å². The summed E-state index contributed by atoms with van der Waals surface area (Å²) < 4.78 is 42.9. The molecule has 1 atom stereocenters. The smallest absolute Gasteiger partial charge is 0.374 e. The van der Waals surface area contributed by atoms with Gasteiger partial charge in [0.05, 0.1) is 5.60 Å². The molecule has 0 aromatic heterocycles. The van der Waals surface area contributed by atoms with Gasteiger partial charge in [-0.1, -0.05) is 19.3 Å². The zero-order chi connectivity index (χ0) is 13.6. The Bertz CT molecular complexity index is 231. The summed E-state index contributed by atoms with van der Waals surface area (Å²) in [6, 6.07) is -0.209. The highest BCUT2D eigenvalue weighted by atomic mass is 19.4. The van der Waals surface area contributed by atoms with Crippen molar-refractivity contribution in [1.29, 1.82) is 0 Å². The maximum atomic E-state index is 12.4. The van der Waals surface area contributed by atoms with E-state index in [1.165, 1.54) is 0 Å².